The SMILES string of the molecule is CCCn1c(CO)nnc1SCc1cccc(Cl)n1. The van der Waals surface area contributed by atoms with Crippen LogP contribution in [-0.4, -0.2) is 24.9 Å². The van der Waals surface area contributed by atoms with E-state index >= 15 is 0 Å². The number of hydrogen-bond acceptors (Lipinski definition) is 5. The third-order valence-electron chi connectivity index (χ3n) is 2.50. The molecule has 19 heavy (non-hydrogen) atoms. The average Bonchev–Trinajstić information content (AvgIpc) is 2.79. The van der Waals surface area contributed by atoms with Crippen LogP contribution in [0.2, 0.25) is 5.15 Å². The lowest BCUT2D eigenvalue weighted by atomic mass is 10.4. The topological polar surface area (TPSA) is 63.8 Å². The second kappa shape index (κ2) is 6.88. The molecule has 0 aliphatic rings. The van der Waals surface area contributed by atoms with Gasteiger partial charge in [-0.1, -0.05) is 36.4 Å². The van der Waals surface area contributed by atoms with Crippen molar-refractivity contribution in [2.75, 3.05) is 0 Å². The highest BCUT2D eigenvalue weighted by molar-refractivity contribution is 7.98. The smallest absolute Gasteiger partial charge is 0.191 e. The van der Waals surface area contributed by atoms with E-state index in [1.165, 1.54) is 0 Å². The number of nitrogens with zero attached hydrogens (tertiary/aromatic N) is 4. The van der Waals surface area contributed by atoms with E-state index in [-0.39, 0.29) is 6.61 Å². The van der Waals surface area contributed by atoms with E-state index in [4.69, 9.17) is 11.6 Å². The van der Waals surface area contributed by atoms with E-state index in [0.717, 1.165) is 23.8 Å². The van der Waals surface area contributed by atoms with Crippen molar-refractivity contribution in [1.29, 1.82) is 0 Å². The molecule has 0 fully saturated rings. The van der Waals surface area contributed by atoms with Crippen molar-refractivity contribution in [1.82, 2.24) is 19.7 Å². The Hall–Kier alpha value is -1.11. The molecule has 0 atom stereocenters. The van der Waals surface area contributed by atoms with Gasteiger partial charge in [-0.3, -0.25) is 0 Å². The summed E-state index contributed by atoms with van der Waals surface area (Å²) in [5.74, 6) is 1.27. The number of halogens is 1. The summed E-state index contributed by atoms with van der Waals surface area (Å²) in [5, 5.41) is 18.6. The van der Waals surface area contributed by atoms with Crippen LogP contribution >= 0.6 is 23.4 Å². The normalized spacial score (nSPS) is 10.9. The summed E-state index contributed by atoms with van der Waals surface area (Å²) >= 11 is 7.39. The first-order valence-corrected chi connectivity index (χ1v) is 7.38. The van der Waals surface area contributed by atoms with Gasteiger partial charge >= 0.3 is 0 Å². The van der Waals surface area contributed by atoms with Crippen LogP contribution in [0.15, 0.2) is 23.4 Å². The molecule has 0 bridgehead atoms. The Morgan fingerprint density at radius 1 is 1.37 bits per heavy atom. The molecule has 0 aliphatic heterocycles. The Balaban J connectivity index is 2.08. The molecule has 0 radical (unpaired) electrons. The van der Waals surface area contributed by atoms with Gasteiger partial charge in [-0.15, -0.1) is 10.2 Å². The molecule has 2 aromatic heterocycles. The highest BCUT2D eigenvalue weighted by atomic mass is 35.5. The number of hydrogen-bond donors (Lipinski definition) is 1. The molecule has 0 saturated heterocycles. The number of aromatic nitrogens is 4. The Bertz CT molecular complexity index is 546. The van der Waals surface area contributed by atoms with E-state index < -0.39 is 0 Å². The average molecular weight is 299 g/mol. The van der Waals surface area contributed by atoms with Gasteiger partial charge in [-0.25, -0.2) is 4.98 Å². The van der Waals surface area contributed by atoms with E-state index in [1.807, 2.05) is 16.7 Å². The summed E-state index contributed by atoms with van der Waals surface area (Å²) in [4.78, 5) is 4.23. The molecule has 2 heterocycles. The molecular formula is C12H15ClN4OS. The molecule has 7 heteroatoms. The Labute approximate surface area is 121 Å². The zero-order valence-corrected chi connectivity index (χ0v) is 12.2. The molecule has 0 aliphatic carbocycles. The second-order valence-electron chi connectivity index (χ2n) is 3.95. The predicted octanol–water partition coefficient (Wildman–Crippen LogP) is 2.52. The summed E-state index contributed by atoms with van der Waals surface area (Å²) in [6, 6.07) is 5.55. The third-order valence-corrected chi connectivity index (χ3v) is 3.71. The first-order valence-electron chi connectivity index (χ1n) is 6.01. The van der Waals surface area contributed by atoms with Crippen molar-refractivity contribution in [3.63, 3.8) is 0 Å². The van der Waals surface area contributed by atoms with Crippen LogP contribution in [0.3, 0.4) is 0 Å². The van der Waals surface area contributed by atoms with Crippen molar-refractivity contribution < 1.29 is 5.11 Å². The lowest BCUT2D eigenvalue weighted by Crippen LogP contribution is -2.04. The number of rotatable bonds is 6. The predicted molar refractivity (Wildman–Crippen MR) is 75.0 cm³/mol. The summed E-state index contributed by atoms with van der Waals surface area (Å²) in [5.41, 5.74) is 0.897. The summed E-state index contributed by atoms with van der Waals surface area (Å²) in [7, 11) is 0. The minimum absolute atomic E-state index is 0.0943. The monoisotopic (exact) mass is 298 g/mol. The Morgan fingerprint density at radius 3 is 2.89 bits per heavy atom. The minimum Gasteiger partial charge on any atom is -0.388 e. The number of pyridine rings is 1. The third kappa shape index (κ3) is 3.68. The van der Waals surface area contributed by atoms with Crippen LogP contribution in [0.1, 0.15) is 24.9 Å². The maximum atomic E-state index is 9.22. The molecule has 0 amide bonds. The summed E-state index contributed by atoms with van der Waals surface area (Å²) < 4.78 is 1.94. The highest BCUT2D eigenvalue weighted by Gasteiger charge is 2.11. The van der Waals surface area contributed by atoms with E-state index in [9.17, 15) is 5.11 Å². The van der Waals surface area contributed by atoms with Crippen LogP contribution in [0.25, 0.3) is 0 Å². The van der Waals surface area contributed by atoms with Gasteiger partial charge in [0.1, 0.15) is 11.8 Å². The van der Waals surface area contributed by atoms with E-state index in [1.54, 1.807) is 17.8 Å². The van der Waals surface area contributed by atoms with Crippen molar-refractivity contribution in [2.24, 2.45) is 0 Å². The standard InChI is InChI=1S/C12H15ClN4OS/c1-2-6-17-11(7-18)15-16-12(17)19-8-9-4-3-5-10(13)14-9/h3-5,18H,2,6-8H2,1H3. The quantitative estimate of drug-likeness (QED) is 0.656. The van der Waals surface area contributed by atoms with Crippen LogP contribution in [0, 0.1) is 0 Å². The van der Waals surface area contributed by atoms with E-state index in [0.29, 0.717) is 16.7 Å². The molecule has 0 aromatic carbocycles. The zero-order chi connectivity index (χ0) is 13.7. The maximum Gasteiger partial charge on any atom is 0.191 e. The second-order valence-corrected chi connectivity index (χ2v) is 5.28. The van der Waals surface area contributed by atoms with Crippen LogP contribution in [0.4, 0.5) is 0 Å². The van der Waals surface area contributed by atoms with Gasteiger partial charge in [0, 0.05) is 12.3 Å². The van der Waals surface area contributed by atoms with Crippen LogP contribution in [-0.2, 0) is 18.9 Å². The fourth-order valence-corrected chi connectivity index (χ4v) is 2.73. The number of aliphatic hydroxyl groups excluding tert-OH is 1. The van der Waals surface area contributed by atoms with Gasteiger partial charge in [0.05, 0.1) is 5.69 Å². The zero-order valence-electron chi connectivity index (χ0n) is 10.6. The van der Waals surface area contributed by atoms with Crippen molar-refractivity contribution in [3.05, 3.63) is 34.9 Å². The summed E-state index contributed by atoms with van der Waals surface area (Å²) in [6.45, 7) is 2.78. The van der Waals surface area contributed by atoms with Gasteiger partial charge in [-0.2, -0.15) is 0 Å². The molecule has 102 valence electrons. The number of thioether (sulfide) groups is 1. The lowest BCUT2D eigenvalue weighted by Gasteiger charge is -2.07. The minimum atomic E-state index is -0.0943. The van der Waals surface area contributed by atoms with E-state index in [2.05, 4.69) is 22.1 Å². The van der Waals surface area contributed by atoms with Gasteiger partial charge < -0.3 is 9.67 Å². The first-order chi connectivity index (χ1) is 9.24. The molecule has 2 rings (SSSR count). The fourth-order valence-electron chi connectivity index (χ4n) is 1.66. The van der Waals surface area contributed by atoms with Crippen molar-refractivity contribution >= 4 is 23.4 Å². The molecule has 0 spiro atoms. The van der Waals surface area contributed by atoms with Crippen LogP contribution in [0.5, 0.6) is 0 Å². The molecular weight excluding hydrogens is 284 g/mol. The first kappa shape index (κ1) is 14.3. The van der Waals surface area contributed by atoms with Gasteiger partial charge in [0.25, 0.3) is 0 Å². The van der Waals surface area contributed by atoms with Gasteiger partial charge in [-0.05, 0) is 18.6 Å². The Kier molecular flexibility index (Phi) is 5.18. The largest absolute Gasteiger partial charge is 0.388 e. The molecule has 2 aromatic rings. The highest BCUT2D eigenvalue weighted by Crippen LogP contribution is 2.22. The molecule has 0 saturated carbocycles. The molecule has 5 nitrogen and oxygen atoms in total. The molecule has 1 N–H and O–H groups in total. The van der Waals surface area contributed by atoms with Crippen molar-refractivity contribution in [3.8, 4) is 0 Å². The van der Waals surface area contributed by atoms with Crippen molar-refractivity contribution in [2.45, 2.75) is 37.4 Å². The maximum absolute atomic E-state index is 9.22. The van der Waals surface area contributed by atoms with Gasteiger partial charge in [0.15, 0.2) is 11.0 Å². The van der Waals surface area contributed by atoms with Gasteiger partial charge in [0.2, 0.25) is 0 Å². The fraction of sp³-hybridized carbons (Fsp3) is 0.417. The number of aliphatic hydroxyl groups is 1. The lowest BCUT2D eigenvalue weighted by molar-refractivity contribution is 0.263. The van der Waals surface area contributed by atoms with Crippen LogP contribution < -0.4 is 0 Å². The Morgan fingerprint density at radius 2 is 2.21 bits per heavy atom. The molecule has 0 unspecified atom stereocenters. The summed E-state index contributed by atoms with van der Waals surface area (Å²) in [6.07, 6.45) is 0.966.